The fraction of sp³-hybridized carbons (Fsp3) is 0.708. The van der Waals surface area contributed by atoms with Crippen LogP contribution in [0.2, 0.25) is 0 Å². The van der Waals surface area contributed by atoms with Gasteiger partial charge in [0, 0.05) is 30.6 Å². The highest BCUT2D eigenvalue weighted by atomic mass is 16.5. The minimum absolute atomic E-state index is 0.514. The maximum atomic E-state index is 6.53. The van der Waals surface area contributed by atoms with E-state index in [1.165, 1.54) is 75.2 Å². The van der Waals surface area contributed by atoms with Crippen molar-refractivity contribution in [2.24, 2.45) is 5.92 Å². The second-order valence-corrected chi connectivity index (χ2v) is 9.56. The molecule has 2 bridgehead atoms. The van der Waals surface area contributed by atoms with Crippen LogP contribution in [0, 0.1) is 5.92 Å². The predicted octanol–water partition coefficient (Wildman–Crippen LogP) is 5.02. The zero-order valence-electron chi connectivity index (χ0n) is 17.3. The molecule has 3 fully saturated rings. The van der Waals surface area contributed by atoms with E-state index in [-0.39, 0.29) is 0 Å². The second kappa shape index (κ2) is 8.16. The van der Waals surface area contributed by atoms with Crippen molar-refractivity contribution in [2.75, 3.05) is 6.54 Å². The Balaban J connectivity index is 1.21. The third kappa shape index (κ3) is 3.86. The topological polar surface area (TPSA) is 30.3 Å². The molecule has 2 aliphatic heterocycles. The van der Waals surface area contributed by atoms with Crippen LogP contribution in [-0.4, -0.2) is 45.5 Å². The minimum Gasteiger partial charge on any atom is -0.375 e. The van der Waals surface area contributed by atoms with Crippen molar-refractivity contribution in [1.82, 2.24) is 14.7 Å². The van der Waals surface area contributed by atoms with Crippen LogP contribution in [0.1, 0.15) is 64.7 Å². The van der Waals surface area contributed by atoms with Gasteiger partial charge >= 0.3 is 0 Å². The summed E-state index contributed by atoms with van der Waals surface area (Å²) in [6, 6.07) is 10.0. The van der Waals surface area contributed by atoms with Crippen LogP contribution in [0.4, 0.5) is 0 Å². The van der Waals surface area contributed by atoms with Crippen molar-refractivity contribution < 1.29 is 4.74 Å². The summed E-state index contributed by atoms with van der Waals surface area (Å²) in [5.41, 5.74) is 1.26. The van der Waals surface area contributed by atoms with Crippen LogP contribution in [0.25, 0.3) is 10.9 Å². The van der Waals surface area contributed by atoms with Gasteiger partial charge in [0.25, 0.3) is 0 Å². The number of hydrogen-bond donors (Lipinski definition) is 0. The van der Waals surface area contributed by atoms with Gasteiger partial charge in [-0.25, -0.2) is 0 Å². The van der Waals surface area contributed by atoms with Crippen molar-refractivity contribution in [2.45, 2.75) is 95.5 Å². The zero-order valence-corrected chi connectivity index (χ0v) is 17.3. The number of benzene rings is 1. The number of fused-ring (bicyclic) bond motifs is 3. The molecule has 4 heteroatoms. The third-order valence-corrected chi connectivity index (χ3v) is 7.33. The first-order valence-corrected chi connectivity index (χ1v) is 11.6. The Hall–Kier alpha value is -1.39. The summed E-state index contributed by atoms with van der Waals surface area (Å²) in [4.78, 5) is 2.84. The molecule has 4 atom stereocenters. The molecule has 5 rings (SSSR count). The number of rotatable bonds is 6. The number of hydrogen-bond acceptors (Lipinski definition) is 3. The molecule has 28 heavy (non-hydrogen) atoms. The monoisotopic (exact) mass is 381 g/mol. The molecule has 2 saturated heterocycles. The number of aromatic nitrogens is 2. The molecule has 3 aliphatic rings. The molecule has 2 aromatic rings. The van der Waals surface area contributed by atoms with Gasteiger partial charge in [-0.05, 0) is 50.5 Å². The molecule has 4 nitrogen and oxygen atoms in total. The van der Waals surface area contributed by atoms with Crippen molar-refractivity contribution in [1.29, 1.82) is 0 Å². The van der Waals surface area contributed by atoms with Gasteiger partial charge in [0.15, 0.2) is 0 Å². The lowest BCUT2D eigenvalue weighted by Gasteiger charge is -2.50. The van der Waals surface area contributed by atoms with Crippen LogP contribution in [0.5, 0.6) is 0 Å². The molecule has 0 N–H and O–H groups in total. The molecular formula is C24H35N3O. The highest BCUT2D eigenvalue weighted by Gasteiger charge is 2.39. The van der Waals surface area contributed by atoms with Crippen molar-refractivity contribution in [3.8, 4) is 0 Å². The average Bonchev–Trinajstić information content (AvgIpc) is 3.33. The van der Waals surface area contributed by atoms with E-state index in [1.54, 1.807) is 0 Å². The van der Waals surface area contributed by atoms with Crippen LogP contribution in [0.15, 0.2) is 30.5 Å². The number of nitrogens with zero attached hydrogens (tertiary/aromatic N) is 3. The fourth-order valence-corrected chi connectivity index (χ4v) is 6.02. The molecule has 0 amide bonds. The van der Waals surface area contributed by atoms with E-state index in [9.17, 15) is 0 Å². The van der Waals surface area contributed by atoms with Crippen LogP contribution < -0.4 is 0 Å². The van der Waals surface area contributed by atoms with E-state index < -0.39 is 0 Å². The van der Waals surface area contributed by atoms with E-state index in [1.807, 2.05) is 6.20 Å². The molecule has 0 unspecified atom stereocenters. The average molecular weight is 382 g/mol. The molecule has 1 aromatic heterocycles. The van der Waals surface area contributed by atoms with Crippen LogP contribution >= 0.6 is 0 Å². The molecule has 1 saturated carbocycles. The van der Waals surface area contributed by atoms with Crippen molar-refractivity contribution >= 4 is 10.9 Å². The summed E-state index contributed by atoms with van der Waals surface area (Å²) in [7, 11) is 0. The lowest BCUT2D eigenvalue weighted by Crippen LogP contribution is -2.55. The molecular weight excluding hydrogens is 346 g/mol. The smallest absolute Gasteiger partial charge is 0.0682 e. The number of ether oxygens (including phenoxy) is 1. The lowest BCUT2D eigenvalue weighted by atomic mass is 9.82. The van der Waals surface area contributed by atoms with Gasteiger partial charge in [-0.3, -0.25) is 9.58 Å². The Morgan fingerprint density at radius 3 is 2.50 bits per heavy atom. The zero-order chi connectivity index (χ0) is 18.9. The Kier molecular flexibility index (Phi) is 5.43. The number of para-hydroxylation sites is 1. The summed E-state index contributed by atoms with van der Waals surface area (Å²) in [5, 5.41) is 5.89. The fourth-order valence-electron chi connectivity index (χ4n) is 6.02. The maximum Gasteiger partial charge on any atom is 0.0682 e. The lowest BCUT2D eigenvalue weighted by molar-refractivity contribution is -0.0901. The first-order chi connectivity index (χ1) is 13.8. The quantitative estimate of drug-likeness (QED) is 0.704. The molecule has 0 spiro atoms. The van der Waals surface area contributed by atoms with Gasteiger partial charge in [0.1, 0.15) is 0 Å². The van der Waals surface area contributed by atoms with Crippen LogP contribution in [-0.2, 0) is 11.3 Å². The third-order valence-electron chi connectivity index (χ3n) is 7.33. The maximum absolute atomic E-state index is 6.53. The van der Waals surface area contributed by atoms with Gasteiger partial charge < -0.3 is 4.74 Å². The van der Waals surface area contributed by atoms with Gasteiger partial charge in [0.2, 0.25) is 0 Å². The molecule has 152 valence electrons. The Bertz CT molecular complexity index is 767. The molecule has 1 aliphatic carbocycles. The van der Waals surface area contributed by atoms with E-state index in [0.29, 0.717) is 18.1 Å². The summed E-state index contributed by atoms with van der Waals surface area (Å²) in [6.45, 7) is 4.60. The van der Waals surface area contributed by atoms with E-state index in [4.69, 9.17) is 4.74 Å². The minimum atomic E-state index is 0.514. The van der Waals surface area contributed by atoms with Crippen LogP contribution in [0.3, 0.4) is 0 Å². The van der Waals surface area contributed by atoms with E-state index in [0.717, 1.165) is 18.6 Å². The van der Waals surface area contributed by atoms with Crippen molar-refractivity contribution in [3.05, 3.63) is 30.5 Å². The van der Waals surface area contributed by atoms with E-state index in [2.05, 4.69) is 45.9 Å². The molecule has 3 heterocycles. The summed E-state index contributed by atoms with van der Waals surface area (Å²) < 4.78 is 8.73. The Morgan fingerprint density at radius 1 is 0.964 bits per heavy atom. The highest BCUT2D eigenvalue weighted by Crippen LogP contribution is 2.37. The largest absolute Gasteiger partial charge is 0.375 e. The Labute approximate surface area is 169 Å². The summed E-state index contributed by atoms with van der Waals surface area (Å²) in [6.07, 6.45) is 15.0. The number of piperidine rings is 2. The molecule has 1 aromatic carbocycles. The first-order valence-electron chi connectivity index (χ1n) is 11.6. The van der Waals surface area contributed by atoms with Gasteiger partial charge in [-0.2, -0.15) is 5.10 Å². The van der Waals surface area contributed by atoms with Crippen molar-refractivity contribution in [3.63, 3.8) is 0 Å². The second-order valence-electron chi connectivity index (χ2n) is 9.56. The van der Waals surface area contributed by atoms with E-state index >= 15 is 0 Å². The summed E-state index contributed by atoms with van der Waals surface area (Å²) >= 11 is 0. The summed E-state index contributed by atoms with van der Waals surface area (Å²) in [5.74, 6) is 0.610. The SMILES string of the molecule is C[C@H](CN1[C@@H]2CCC[C@H]1C[C@@H](OC1CCCC1)C2)Cn1ncc2ccccc21. The van der Waals surface area contributed by atoms with Gasteiger partial charge in [-0.1, -0.05) is 44.4 Å². The Morgan fingerprint density at radius 2 is 1.71 bits per heavy atom. The first kappa shape index (κ1) is 18.6. The predicted molar refractivity (Wildman–Crippen MR) is 113 cm³/mol. The van der Waals surface area contributed by atoms with Gasteiger partial charge in [0.05, 0.1) is 23.9 Å². The normalized spacial score (nSPS) is 30.1. The standard InChI is InChI=1S/C24H35N3O/c1-18(17-27-24-12-5-2-7-19(24)15-25-27)16-26-20-8-6-9-21(26)14-23(13-20)28-22-10-3-4-11-22/h2,5,7,12,15,18,20-23H,3-4,6,8-11,13-14,16-17H2,1H3/t18-,20-,21+,23+/m1/s1. The highest BCUT2D eigenvalue weighted by molar-refractivity contribution is 5.78. The molecule has 0 radical (unpaired) electrons. The van der Waals surface area contributed by atoms with Gasteiger partial charge in [-0.15, -0.1) is 0 Å².